The molecule has 0 bridgehead atoms. The zero-order valence-corrected chi connectivity index (χ0v) is 21.2. The van der Waals surface area contributed by atoms with E-state index in [1.165, 1.54) is 11.3 Å². The van der Waals surface area contributed by atoms with Crippen molar-refractivity contribution >= 4 is 17.0 Å². The van der Waals surface area contributed by atoms with E-state index in [9.17, 15) is 0 Å². The van der Waals surface area contributed by atoms with Gasteiger partial charge in [-0.25, -0.2) is 4.68 Å². The lowest BCUT2D eigenvalue weighted by Crippen LogP contribution is -2.16. The molecule has 7 nitrogen and oxygen atoms in total. The van der Waals surface area contributed by atoms with Gasteiger partial charge < -0.3 is 18.9 Å². The molecule has 0 atom stereocenters. The fourth-order valence-corrected chi connectivity index (χ4v) is 4.74. The van der Waals surface area contributed by atoms with Crippen LogP contribution in [-0.4, -0.2) is 37.8 Å². The van der Waals surface area contributed by atoms with Gasteiger partial charge in [-0.15, -0.1) is 11.3 Å². The van der Waals surface area contributed by atoms with E-state index in [2.05, 4.69) is 12.1 Å². The van der Waals surface area contributed by atoms with Crippen LogP contribution >= 0.6 is 11.3 Å². The summed E-state index contributed by atoms with van der Waals surface area (Å²) < 4.78 is 24.5. The first-order valence-corrected chi connectivity index (χ1v) is 12.5. The summed E-state index contributed by atoms with van der Waals surface area (Å²) in [6.45, 7) is 3.62. The molecule has 0 saturated heterocycles. The van der Waals surface area contributed by atoms with Crippen LogP contribution in [0.3, 0.4) is 0 Å². The van der Waals surface area contributed by atoms with E-state index >= 15 is 0 Å². The van der Waals surface area contributed by atoms with E-state index in [0.29, 0.717) is 19.8 Å². The topological polar surface area (TPSA) is 66.6 Å². The highest BCUT2D eigenvalue weighted by molar-refractivity contribution is 7.07. The van der Waals surface area contributed by atoms with Crippen molar-refractivity contribution in [2.24, 2.45) is 10.1 Å². The van der Waals surface area contributed by atoms with Crippen LogP contribution in [0.2, 0.25) is 0 Å². The van der Waals surface area contributed by atoms with Crippen molar-refractivity contribution in [2.75, 3.05) is 27.4 Å². The van der Waals surface area contributed by atoms with Crippen LogP contribution in [0, 0.1) is 0 Å². The number of ether oxygens (including phenoxy) is 4. The van der Waals surface area contributed by atoms with E-state index in [1.807, 2.05) is 71.6 Å². The van der Waals surface area contributed by atoms with Crippen molar-refractivity contribution in [3.63, 3.8) is 0 Å². The van der Waals surface area contributed by atoms with Gasteiger partial charge in [0, 0.05) is 16.5 Å². The van der Waals surface area contributed by atoms with Crippen molar-refractivity contribution in [3.05, 3.63) is 88.0 Å². The summed E-state index contributed by atoms with van der Waals surface area (Å²) in [6.07, 6.45) is 0. The molecule has 184 valence electrons. The molecule has 2 heterocycles. The molecule has 8 heteroatoms. The van der Waals surface area contributed by atoms with Gasteiger partial charge in [0.15, 0.2) is 11.5 Å². The predicted octanol–water partition coefficient (Wildman–Crippen LogP) is 5.38. The van der Waals surface area contributed by atoms with Crippen molar-refractivity contribution in [2.45, 2.75) is 13.5 Å². The summed E-state index contributed by atoms with van der Waals surface area (Å²) in [4.78, 5) is 5.67. The minimum Gasteiger partial charge on any atom is -0.497 e. The Morgan fingerprint density at radius 2 is 1.75 bits per heavy atom. The summed E-state index contributed by atoms with van der Waals surface area (Å²) in [5.41, 5.74) is 4.61. The molecule has 3 aromatic carbocycles. The lowest BCUT2D eigenvalue weighted by Gasteiger charge is -2.18. The van der Waals surface area contributed by atoms with Gasteiger partial charge in [-0.3, -0.25) is 4.99 Å². The van der Waals surface area contributed by atoms with Gasteiger partial charge in [-0.2, -0.15) is 5.10 Å². The highest BCUT2D eigenvalue weighted by atomic mass is 32.1. The summed E-state index contributed by atoms with van der Waals surface area (Å²) in [5.74, 6) is 2.94. The SMILES string of the molecule is COc1ccc(OC)c(-c2csc(=NCc3ccccc3)n2N=C(C)c2ccc3c(c2)OCCO3)c1. The lowest BCUT2D eigenvalue weighted by molar-refractivity contribution is 0.171. The second-order valence-electron chi connectivity index (χ2n) is 8.13. The second-order valence-corrected chi connectivity index (χ2v) is 8.96. The van der Waals surface area contributed by atoms with Gasteiger partial charge in [0.25, 0.3) is 0 Å². The van der Waals surface area contributed by atoms with Crippen LogP contribution < -0.4 is 23.7 Å². The molecule has 0 spiro atoms. The number of hydrogen-bond acceptors (Lipinski definition) is 7. The van der Waals surface area contributed by atoms with Crippen LogP contribution in [0.25, 0.3) is 11.3 Å². The number of methoxy groups -OCH3 is 2. The number of aromatic nitrogens is 1. The molecule has 0 fully saturated rings. The van der Waals surface area contributed by atoms with E-state index < -0.39 is 0 Å². The van der Waals surface area contributed by atoms with Crippen LogP contribution in [-0.2, 0) is 6.54 Å². The fourth-order valence-electron chi connectivity index (χ4n) is 3.92. The van der Waals surface area contributed by atoms with Crippen molar-refractivity contribution in [3.8, 4) is 34.3 Å². The van der Waals surface area contributed by atoms with E-state index in [1.54, 1.807) is 14.2 Å². The quantitative estimate of drug-likeness (QED) is 0.319. The molecule has 0 unspecified atom stereocenters. The third-order valence-corrected chi connectivity index (χ3v) is 6.67. The molecule has 4 aromatic rings. The Morgan fingerprint density at radius 1 is 0.944 bits per heavy atom. The van der Waals surface area contributed by atoms with Gasteiger partial charge >= 0.3 is 0 Å². The van der Waals surface area contributed by atoms with Crippen LogP contribution in [0.1, 0.15) is 18.1 Å². The minimum atomic E-state index is 0.536. The first kappa shape index (κ1) is 23.7. The Labute approximate surface area is 213 Å². The number of nitrogens with zero attached hydrogens (tertiary/aromatic N) is 3. The Hall–Kier alpha value is -4.04. The number of thiazole rings is 1. The zero-order chi connectivity index (χ0) is 24.9. The molecule has 1 aliphatic heterocycles. The molecule has 0 saturated carbocycles. The standard InChI is InChI=1S/C28H27N3O4S/c1-19(21-9-11-26-27(15-21)35-14-13-34-26)30-31-24(23-16-22(32-2)10-12-25(23)33-3)18-36-28(31)29-17-20-7-5-4-6-8-20/h4-12,15-16,18H,13-14,17H2,1-3H3. The van der Waals surface area contributed by atoms with E-state index in [4.69, 9.17) is 29.0 Å². The van der Waals surface area contributed by atoms with Gasteiger partial charge in [0.05, 0.1) is 32.2 Å². The maximum Gasteiger partial charge on any atom is 0.206 e. The van der Waals surface area contributed by atoms with Gasteiger partial charge in [-0.1, -0.05) is 30.3 Å². The van der Waals surface area contributed by atoms with Crippen LogP contribution in [0.4, 0.5) is 0 Å². The Bertz CT molecular complexity index is 1460. The highest BCUT2D eigenvalue weighted by Gasteiger charge is 2.16. The van der Waals surface area contributed by atoms with Crippen molar-refractivity contribution < 1.29 is 18.9 Å². The monoisotopic (exact) mass is 501 g/mol. The number of hydrogen-bond donors (Lipinski definition) is 0. The first-order chi connectivity index (χ1) is 17.7. The molecule has 5 rings (SSSR count). The Balaban J connectivity index is 1.63. The first-order valence-electron chi connectivity index (χ1n) is 11.6. The highest BCUT2D eigenvalue weighted by Crippen LogP contribution is 2.34. The van der Waals surface area contributed by atoms with Crippen LogP contribution in [0.15, 0.2) is 82.2 Å². The molecule has 1 aromatic heterocycles. The molecule has 0 aliphatic carbocycles. The fraction of sp³-hybridized carbons (Fsp3) is 0.214. The van der Waals surface area contributed by atoms with Crippen molar-refractivity contribution in [1.29, 1.82) is 0 Å². The average Bonchev–Trinajstić information content (AvgIpc) is 3.33. The molecular formula is C28H27N3O4S. The summed E-state index contributed by atoms with van der Waals surface area (Å²) in [5, 5.41) is 7.06. The molecule has 0 radical (unpaired) electrons. The summed E-state index contributed by atoms with van der Waals surface area (Å²) in [7, 11) is 3.31. The molecular weight excluding hydrogens is 474 g/mol. The predicted molar refractivity (Wildman–Crippen MR) is 142 cm³/mol. The van der Waals surface area contributed by atoms with Gasteiger partial charge in [-0.05, 0) is 48.9 Å². The maximum atomic E-state index is 5.78. The normalized spacial score (nSPS) is 13.5. The third-order valence-electron chi connectivity index (χ3n) is 5.82. The second kappa shape index (κ2) is 10.7. The van der Waals surface area contributed by atoms with E-state index in [-0.39, 0.29) is 0 Å². The van der Waals surface area contributed by atoms with Gasteiger partial charge in [0.1, 0.15) is 24.7 Å². The molecule has 36 heavy (non-hydrogen) atoms. The van der Waals surface area contributed by atoms with Gasteiger partial charge in [0.2, 0.25) is 4.80 Å². The smallest absolute Gasteiger partial charge is 0.206 e. The molecule has 1 aliphatic rings. The maximum absolute atomic E-state index is 5.78. The summed E-state index contributed by atoms with van der Waals surface area (Å²) >= 11 is 1.53. The molecule has 0 amide bonds. The zero-order valence-electron chi connectivity index (χ0n) is 20.4. The van der Waals surface area contributed by atoms with Crippen molar-refractivity contribution in [1.82, 2.24) is 4.68 Å². The number of rotatable bonds is 7. The number of benzene rings is 3. The molecule has 0 N–H and O–H groups in total. The lowest BCUT2D eigenvalue weighted by atomic mass is 10.1. The third kappa shape index (κ3) is 4.99. The van der Waals surface area contributed by atoms with Crippen LogP contribution in [0.5, 0.6) is 23.0 Å². The van der Waals surface area contributed by atoms with E-state index in [0.717, 1.165) is 55.9 Å². The Morgan fingerprint density at radius 3 is 2.53 bits per heavy atom. The average molecular weight is 502 g/mol. The summed E-state index contributed by atoms with van der Waals surface area (Å²) in [6, 6.07) is 21.8. The Kier molecular flexibility index (Phi) is 7.04. The number of fused-ring (bicyclic) bond motifs is 1. The largest absolute Gasteiger partial charge is 0.497 e. The minimum absolute atomic E-state index is 0.536.